The first kappa shape index (κ1) is 67.1. The number of fused-ring (bicyclic) bond motifs is 4. The Hall–Kier alpha value is -3.72. The van der Waals surface area contributed by atoms with Crippen LogP contribution in [0.4, 0.5) is 0 Å². The third kappa shape index (κ3) is 18.1. The van der Waals surface area contributed by atoms with Crippen LogP contribution in [0.25, 0.3) is 0 Å². The molecule has 1 N–H and O–H groups in total. The fourth-order valence-corrected chi connectivity index (χ4v) is 12.9. The van der Waals surface area contributed by atoms with E-state index in [1.807, 2.05) is 83.8 Å². The lowest BCUT2D eigenvalue weighted by molar-refractivity contribution is -0.283. The van der Waals surface area contributed by atoms with Gasteiger partial charge in [-0.3, -0.25) is 28.8 Å². The lowest BCUT2D eigenvalue weighted by atomic mass is 9.78. The quantitative estimate of drug-likeness (QED) is 0.0935. The highest BCUT2D eigenvalue weighted by Crippen LogP contribution is 2.39. The first-order valence-electron chi connectivity index (χ1n) is 29.4. The predicted octanol–water partition coefficient (Wildman–Crippen LogP) is 9.24. The smallest absolute Gasteiger partial charge is 0.316 e. The molecule has 452 valence electrons. The van der Waals surface area contributed by atoms with Gasteiger partial charge >= 0.3 is 11.9 Å². The zero-order chi connectivity index (χ0) is 59.5. The van der Waals surface area contributed by atoms with E-state index >= 15 is 0 Å². The normalized spacial score (nSPS) is 37.7. The summed E-state index contributed by atoms with van der Waals surface area (Å²) in [5, 5.41) is 12.0. The summed E-state index contributed by atoms with van der Waals surface area (Å²) in [5.41, 5.74) is 0.595. The molecule has 0 spiro atoms. The number of allylic oxidation sites excluding steroid dienone is 6. The van der Waals surface area contributed by atoms with Crippen LogP contribution in [0.15, 0.2) is 47.6 Å². The average molecular weight is 1140 g/mol. The molecule has 3 saturated heterocycles. The van der Waals surface area contributed by atoms with Crippen LogP contribution in [0.5, 0.6) is 0 Å². The van der Waals surface area contributed by atoms with Gasteiger partial charge in [-0.05, 0) is 141 Å². The number of hydrogen-bond donors (Lipinski definition) is 1. The molecule has 4 aliphatic heterocycles. The van der Waals surface area contributed by atoms with E-state index in [4.69, 9.17) is 42.3 Å². The molecule has 0 radical (unpaired) electrons. The number of ether oxygens (including phenoxy) is 8. The fourth-order valence-electron chi connectivity index (χ4n) is 11.9. The van der Waals surface area contributed by atoms with Crippen molar-refractivity contribution in [3.8, 4) is 0 Å². The van der Waals surface area contributed by atoms with Gasteiger partial charge in [0.25, 0.3) is 11.7 Å². The van der Waals surface area contributed by atoms with Crippen LogP contribution >= 0.6 is 0 Å². The molecule has 5 rings (SSSR count). The minimum absolute atomic E-state index is 0.0367. The van der Waals surface area contributed by atoms with Crippen molar-refractivity contribution in [2.75, 3.05) is 47.6 Å². The monoisotopic (exact) mass is 1140 g/mol. The SMILES string of the molecule is CO[C@H]1C[C@@H]2CC[C@@H](C)[C@@](O)(O2)C(=O)C(=O)N2CCCC(C2)C(=O)O[C@H]([C@H](C)C[C@@H]2CC[C@@H](OC(=O)C3(C)COC(C)(C)OC3)[C@H](OC)C2)CC(=O)[C@H](C)/C=C(\C)[C@@H](O[Si](C)(C)C)[C@@H](OC)C(=O)[C@H](C)C[C@H](C)/C=C/C=C/C=C/1C. The summed E-state index contributed by atoms with van der Waals surface area (Å²) in [5.74, 6) is -9.30. The minimum atomic E-state index is -2.39. The molecule has 4 heterocycles. The van der Waals surface area contributed by atoms with Crippen molar-refractivity contribution in [2.24, 2.45) is 46.8 Å². The second kappa shape index (κ2) is 29.2. The molecule has 1 aliphatic carbocycles. The topological polar surface area (TPSA) is 209 Å². The van der Waals surface area contributed by atoms with Gasteiger partial charge in [0.05, 0.1) is 43.5 Å². The maximum atomic E-state index is 14.6. The van der Waals surface area contributed by atoms with Crippen LogP contribution < -0.4 is 0 Å². The first-order chi connectivity index (χ1) is 37.4. The van der Waals surface area contributed by atoms with Crippen LogP contribution in [0.1, 0.15) is 140 Å². The predicted molar refractivity (Wildman–Crippen MR) is 305 cm³/mol. The molecule has 0 aromatic rings. The number of esters is 2. The summed E-state index contributed by atoms with van der Waals surface area (Å²) in [6.45, 7) is 25.1. The second-order valence-corrected chi connectivity index (χ2v) is 30.3. The minimum Gasteiger partial charge on any atom is -0.461 e. The van der Waals surface area contributed by atoms with E-state index in [0.717, 1.165) is 5.57 Å². The molecule has 18 heteroatoms. The number of hydrogen-bond acceptors (Lipinski definition) is 16. The van der Waals surface area contributed by atoms with Crippen LogP contribution in [0.3, 0.4) is 0 Å². The van der Waals surface area contributed by atoms with Gasteiger partial charge in [-0.1, -0.05) is 71.1 Å². The number of rotatable bonds is 10. The third-order valence-corrected chi connectivity index (χ3v) is 18.1. The summed E-state index contributed by atoms with van der Waals surface area (Å²) in [4.78, 5) is 86.8. The molecular weight excluding hydrogens is 1040 g/mol. The van der Waals surface area contributed by atoms with Crippen LogP contribution in [0.2, 0.25) is 19.6 Å². The molecule has 17 nitrogen and oxygen atoms in total. The van der Waals surface area contributed by atoms with Gasteiger partial charge in [0.15, 0.2) is 19.9 Å². The summed E-state index contributed by atoms with van der Waals surface area (Å²) >= 11 is 0. The van der Waals surface area contributed by atoms with Crippen molar-refractivity contribution in [2.45, 2.75) is 214 Å². The molecule has 80 heavy (non-hydrogen) atoms. The highest BCUT2D eigenvalue weighted by Gasteiger charge is 2.53. The molecule has 1 saturated carbocycles. The number of carbonyl (C=O) groups is 6. The summed E-state index contributed by atoms with van der Waals surface area (Å²) in [7, 11) is 2.39. The number of aliphatic hydroxyl groups is 1. The van der Waals surface area contributed by atoms with Crippen LogP contribution in [0, 0.1) is 46.8 Å². The number of nitrogens with zero attached hydrogens (tertiary/aromatic N) is 1. The average Bonchev–Trinajstić information content (AvgIpc) is 3.40. The number of amides is 1. The highest BCUT2D eigenvalue weighted by molar-refractivity contribution is 6.69. The number of piperidine rings is 1. The van der Waals surface area contributed by atoms with Gasteiger partial charge in [-0.15, -0.1) is 0 Å². The van der Waals surface area contributed by atoms with E-state index in [1.165, 1.54) is 12.0 Å². The fraction of sp³-hybridized carbons (Fsp3) is 0.774. The van der Waals surface area contributed by atoms with Crippen LogP contribution in [-0.4, -0.2) is 155 Å². The Morgan fingerprint density at radius 1 is 0.825 bits per heavy atom. The standard InChI is InChI=1S/C62H99NO16Si/c1-38-21-18-17-19-22-39(2)50(71-11)33-47-26-24-44(7)62(70,78-47)56(66)57(67)63-28-20-23-46(35-63)58(68)76-51(34-48(64)40(3)30-43(6)54(79-80(14,15)16)55(73-13)53(65)42(5)29-38)41(4)31-45-25-27-49(52(32-45)72-12)77-59(69)61(10)36-74-60(8,9)75-37-61/h17-19,21-22,30,38,40-42,44-47,49-52,54-55,70H,20,23-29,31-37H2,1-16H3/b19-17+,21-18+,39-22+,43-30+/t38-,40-,41-,42-,44-,45+,46?,47+,49-,50+,51+,52-,54-,55+,62-/m1/s1. The van der Waals surface area contributed by atoms with Crippen molar-refractivity contribution in [3.63, 3.8) is 0 Å². The Morgan fingerprint density at radius 3 is 2.15 bits per heavy atom. The maximum Gasteiger partial charge on any atom is 0.316 e. The zero-order valence-corrected chi connectivity index (χ0v) is 52.2. The number of carbonyl (C=O) groups excluding carboxylic acids is 6. The van der Waals surface area contributed by atoms with Gasteiger partial charge in [-0.25, -0.2) is 0 Å². The van der Waals surface area contributed by atoms with E-state index in [-0.39, 0.29) is 68.0 Å². The van der Waals surface area contributed by atoms with Gasteiger partial charge in [0.2, 0.25) is 5.79 Å². The highest BCUT2D eigenvalue weighted by atomic mass is 28.4. The van der Waals surface area contributed by atoms with Crippen LogP contribution in [-0.2, 0) is 71.1 Å². The van der Waals surface area contributed by atoms with Crippen molar-refractivity contribution >= 4 is 43.5 Å². The molecule has 4 fully saturated rings. The number of Topliss-reactive ketones (excluding diaryl/α,β-unsaturated/α-hetero) is 3. The Labute approximate surface area is 478 Å². The van der Waals surface area contributed by atoms with E-state index in [0.29, 0.717) is 69.8 Å². The van der Waals surface area contributed by atoms with Gasteiger partial charge in [0, 0.05) is 65.0 Å². The second-order valence-electron chi connectivity index (χ2n) is 25.8. The Morgan fingerprint density at radius 2 is 1.51 bits per heavy atom. The lowest BCUT2D eigenvalue weighted by Crippen LogP contribution is -2.59. The Balaban J connectivity index is 1.45. The number of cyclic esters (lactones) is 1. The van der Waals surface area contributed by atoms with E-state index in [1.54, 1.807) is 48.8 Å². The Kier molecular flexibility index (Phi) is 24.5. The molecule has 0 aromatic carbocycles. The molecule has 4 bridgehead atoms. The van der Waals surface area contributed by atoms with E-state index < -0.39 is 109 Å². The number of ketones is 3. The molecule has 1 amide bonds. The van der Waals surface area contributed by atoms with E-state index in [2.05, 4.69) is 6.92 Å². The maximum absolute atomic E-state index is 14.6. The molecular formula is C62H99NO16Si. The Bertz CT molecular complexity index is 2260. The van der Waals surface area contributed by atoms with Crippen molar-refractivity contribution in [3.05, 3.63) is 47.6 Å². The van der Waals surface area contributed by atoms with E-state index in [9.17, 15) is 33.9 Å². The molecule has 0 aromatic heterocycles. The third-order valence-electron chi connectivity index (χ3n) is 17.1. The largest absolute Gasteiger partial charge is 0.461 e. The summed E-state index contributed by atoms with van der Waals surface area (Å²) in [6, 6.07) is 0. The van der Waals surface area contributed by atoms with Crippen molar-refractivity contribution < 1.29 is 76.2 Å². The van der Waals surface area contributed by atoms with Gasteiger partial charge < -0.3 is 52.3 Å². The van der Waals surface area contributed by atoms with Crippen molar-refractivity contribution in [1.82, 2.24) is 4.90 Å². The summed E-state index contributed by atoms with van der Waals surface area (Å²) in [6.07, 6.45) is 11.9. The molecule has 15 atom stereocenters. The van der Waals surface area contributed by atoms with Crippen molar-refractivity contribution in [1.29, 1.82) is 0 Å². The molecule has 5 aliphatic rings. The number of methoxy groups -OCH3 is 3. The first-order valence-corrected chi connectivity index (χ1v) is 32.8. The van der Waals surface area contributed by atoms with Gasteiger partial charge in [-0.2, -0.15) is 0 Å². The molecule has 1 unspecified atom stereocenters. The lowest BCUT2D eigenvalue weighted by Gasteiger charge is -2.42. The summed E-state index contributed by atoms with van der Waals surface area (Å²) < 4.78 is 54.9. The van der Waals surface area contributed by atoms with Gasteiger partial charge in [0.1, 0.15) is 29.5 Å². The zero-order valence-electron chi connectivity index (χ0n) is 51.2.